The summed E-state index contributed by atoms with van der Waals surface area (Å²) in [6.07, 6.45) is 2.11. The molecule has 0 aliphatic heterocycles. The molecule has 0 bridgehead atoms. The summed E-state index contributed by atoms with van der Waals surface area (Å²) in [7, 11) is 0. The minimum absolute atomic E-state index is 0.883. The Labute approximate surface area is 101 Å². The third kappa shape index (κ3) is 2.35. The minimum Gasteiger partial charge on any atom is -0.258 e. The molecule has 0 atom stereocenters. The first kappa shape index (κ1) is 11.4. The second-order valence-corrected chi connectivity index (χ2v) is 4.17. The highest BCUT2D eigenvalue weighted by Gasteiger charge is 1.95. The van der Waals surface area contributed by atoms with Crippen LogP contribution in [0.2, 0.25) is 0 Å². The zero-order valence-corrected chi connectivity index (χ0v) is 10.1. The third-order valence-electron chi connectivity index (χ3n) is 2.91. The van der Waals surface area contributed by atoms with Crippen molar-refractivity contribution >= 4 is 11.9 Å². The molecular formula is C16H15N. The first-order chi connectivity index (χ1) is 8.22. The normalized spacial score (nSPS) is 11.3. The lowest BCUT2D eigenvalue weighted by Crippen LogP contribution is -2.31. The summed E-state index contributed by atoms with van der Waals surface area (Å²) in [5, 5.41) is 9.39. The van der Waals surface area contributed by atoms with Crippen molar-refractivity contribution in [1.29, 1.82) is 5.41 Å². The van der Waals surface area contributed by atoms with E-state index < -0.39 is 0 Å². The van der Waals surface area contributed by atoms with Crippen LogP contribution < -0.4 is 10.4 Å². The van der Waals surface area contributed by atoms with Gasteiger partial charge in [-0.05, 0) is 47.7 Å². The molecule has 0 radical (unpaired) electrons. The molecule has 84 valence electrons. The van der Waals surface area contributed by atoms with Crippen LogP contribution in [0.5, 0.6) is 0 Å². The van der Waals surface area contributed by atoms with Gasteiger partial charge in [0.2, 0.25) is 0 Å². The summed E-state index contributed by atoms with van der Waals surface area (Å²) < 4.78 is 0. The highest BCUT2D eigenvalue weighted by Crippen LogP contribution is 1.99. The molecule has 1 heteroatoms. The van der Waals surface area contributed by atoms with Crippen molar-refractivity contribution in [2.45, 2.75) is 13.8 Å². The Bertz CT molecular complexity index is 663. The smallest absolute Gasteiger partial charge is 0.0458 e. The molecule has 2 aromatic carbocycles. The van der Waals surface area contributed by atoms with Crippen LogP contribution in [0.3, 0.4) is 0 Å². The van der Waals surface area contributed by atoms with E-state index in [0.29, 0.717) is 0 Å². The van der Waals surface area contributed by atoms with Gasteiger partial charge in [-0.15, -0.1) is 0 Å². The number of nitrogens with one attached hydrogen (secondary N) is 1. The molecule has 0 amide bonds. The van der Waals surface area contributed by atoms with Crippen LogP contribution in [-0.4, -0.2) is 5.87 Å². The predicted octanol–water partition coefficient (Wildman–Crippen LogP) is 2.05. The maximum Gasteiger partial charge on any atom is 0.0458 e. The Morgan fingerprint density at radius 3 is 2.24 bits per heavy atom. The molecule has 0 unspecified atom stereocenters. The summed E-state index contributed by atoms with van der Waals surface area (Å²) in [4.78, 5) is 0. The Hall–Kier alpha value is -2.11. The van der Waals surface area contributed by atoms with Gasteiger partial charge >= 0.3 is 0 Å². The zero-order valence-electron chi connectivity index (χ0n) is 10.1. The molecule has 1 N–H and O–H groups in total. The van der Waals surface area contributed by atoms with Crippen LogP contribution >= 0.6 is 0 Å². The van der Waals surface area contributed by atoms with Crippen molar-refractivity contribution in [3.8, 4) is 0 Å². The SMILES string of the molecule is Cc1ccc(C)c(=Cc2ccccc2)c1=C=N. The van der Waals surface area contributed by atoms with Crippen molar-refractivity contribution in [3.63, 3.8) is 0 Å². The summed E-state index contributed by atoms with van der Waals surface area (Å²) in [5.41, 5.74) is 3.42. The lowest BCUT2D eigenvalue weighted by molar-refractivity contribution is 1.30. The summed E-state index contributed by atoms with van der Waals surface area (Å²) in [6.45, 7) is 4.08. The van der Waals surface area contributed by atoms with E-state index in [0.717, 1.165) is 21.6 Å². The molecule has 0 aromatic heterocycles. The van der Waals surface area contributed by atoms with E-state index in [2.05, 4.69) is 37.1 Å². The Kier molecular flexibility index (Phi) is 3.22. The van der Waals surface area contributed by atoms with E-state index in [-0.39, 0.29) is 0 Å². The van der Waals surface area contributed by atoms with Gasteiger partial charge in [0.25, 0.3) is 0 Å². The molecule has 0 saturated carbocycles. The Balaban J connectivity index is 2.81. The number of benzene rings is 2. The summed E-state index contributed by atoms with van der Waals surface area (Å²) in [5.74, 6) is 2.54. The highest BCUT2D eigenvalue weighted by molar-refractivity contribution is 5.57. The van der Waals surface area contributed by atoms with Crippen LogP contribution in [0.4, 0.5) is 0 Å². The van der Waals surface area contributed by atoms with Crippen LogP contribution in [0, 0.1) is 19.3 Å². The first-order valence-corrected chi connectivity index (χ1v) is 5.65. The van der Waals surface area contributed by atoms with Crippen molar-refractivity contribution in [1.82, 2.24) is 0 Å². The maximum absolute atomic E-state index is 7.42. The molecule has 2 rings (SSSR count). The molecule has 0 saturated heterocycles. The van der Waals surface area contributed by atoms with E-state index in [1.807, 2.05) is 31.2 Å². The Morgan fingerprint density at radius 1 is 0.941 bits per heavy atom. The van der Waals surface area contributed by atoms with E-state index in [1.165, 1.54) is 5.56 Å². The Morgan fingerprint density at radius 2 is 1.59 bits per heavy atom. The van der Waals surface area contributed by atoms with Crippen LogP contribution in [0.1, 0.15) is 16.7 Å². The van der Waals surface area contributed by atoms with Gasteiger partial charge in [-0.25, -0.2) is 0 Å². The molecule has 0 spiro atoms. The van der Waals surface area contributed by atoms with Gasteiger partial charge in [-0.1, -0.05) is 42.5 Å². The van der Waals surface area contributed by atoms with Gasteiger partial charge in [0.15, 0.2) is 0 Å². The fourth-order valence-electron chi connectivity index (χ4n) is 1.90. The minimum atomic E-state index is 0.883. The van der Waals surface area contributed by atoms with E-state index >= 15 is 0 Å². The average molecular weight is 221 g/mol. The lowest BCUT2D eigenvalue weighted by Gasteiger charge is -1.99. The molecule has 0 aliphatic carbocycles. The molecule has 1 nitrogen and oxygen atoms in total. The molecule has 2 aromatic rings. The second kappa shape index (κ2) is 4.82. The number of hydrogen-bond acceptors (Lipinski definition) is 1. The van der Waals surface area contributed by atoms with Crippen molar-refractivity contribution < 1.29 is 0 Å². The topological polar surface area (TPSA) is 23.9 Å². The van der Waals surface area contributed by atoms with Crippen LogP contribution in [0.25, 0.3) is 6.08 Å². The lowest BCUT2D eigenvalue weighted by atomic mass is 10.0. The van der Waals surface area contributed by atoms with Gasteiger partial charge in [0.1, 0.15) is 0 Å². The summed E-state index contributed by atoms with van der Waals surface area (Å²) in [6, 6.07) is 14.3. The predicted molar refractivity (Wildman–Crippen MR) is 72.0 cm³/mol. The van der Waals surface area contributed by atoms with Gasteiger partial charge in [0.05, 0.1) is 0 Å². The molecular weight excluding hydrogens is 206 g/mol. The van der Waals surface area contributed by atoms with E-state index in [4.69, 9.17) is 5.41 Å². The number of aryl methyl sites for hydroxylation is 2. The molecule has 0 heterocycles. The quantitative estimate of drug-likeness (QED) is 0.713. The van der Waals surface area contributed by atoms with Gasteiger partial charge < -0.3 is 0 Å². The fourth-order valence-corrected chi connectivity index (χ4v) is 1.90. The number of hydrogen-bond donors (Lipinski definition) is 1. The summed E-state index contributed by atoms with van der Waals surface area (Å²) >= 11 is 0. The third-order valence-corrected chi connectivity index (χ3v) is 2.91. The van der Waals surface area contributed by atoms with Gasteiger partial charge in [-0.3, -0.25) is 5.41 Å². The fraction of sp³-hybridized carbons (Fsp3) is 0.125. The van der Waals surface area contributed by atoms with Crippen molar-refractivity contribution in [3.05, 3.63) is 69.6 Å². The van der Waals surface area contributed by atoms with Crippen molar-refractivity contribution in [2.75, 3.05) is 0 Å². The first-order valence-electron chi connectivity index (χ1n) is 5.65. The molecule has 17 heavy (non-hydrogen) atoms. The van der Waals surface area contributed by atoms with E-state index in [1.54, 1.807) is 0 Å². The van der Waals surface area contributed by atoms with Gasteiger partial charge in [0, 0.05) is 5.22 Å². The standard InChI is InChI=1S/C16H15N/c1-12-8-9-13(2)16(11-17)15(12)10-14-6-4-3-5-7-14/h3-10,17H,1-2H3. The molecule has 0 fully saturated rings. The zero-order chi connectivity index (χ0) is 12.3. The average Bonchev–Trinajstić information content (AvgIpc) is 2.35. The monoisotopic (exact) mass is 221 g/mol. The largest absolute Gasteiger partial charge is 0.258 e. The van der Waals surface area contributed by atoms with Crippen LogP contribution in [0.15, 0.2) is 42.5 Å². The van der Waals surface area contributed by atoms with Gasteiger partial charge in [-0.2, -0.15) is 0 Å². The van der Waals surface area contributed by atoms with Crippen molar-refractivity contribution in [2.24, 2.45) is 0 Å². The highest BCUT2D eigenvalue weighted by atomic mass is 14.3. The number of rotatable bonds is 1. The maximum atomic E-state index is 7.42. The second-order valence-electron chi connectivity index (χ2n) is 4.17. The molecule has 0 aliphatic rings. The van der Waals surface area contributed by atoms with Crippen LogP contribution in [-0.2, 0) is 0 Å². The van der Waals surface area contributed by atoms with E-state index in [9.17, 15) is 0 Å².